The molecule has 0 atom stereocenters. The van der Waals surface area contributed by atoms with Gasteiger partial charge < -0.3 is 5.11 Å². The molecule has 0 aliphatic heterocycles. The molecule has 1 aromatic rings. The first kappa shape index (κ1) is 10.0. The van der Waals surface area contributed by atoms with E-state index in [1.165, 1.54) is 5.56 Å². The van der Waals surface area contributed by atoms with E-state index in [1.54, 1.807) is 6.07 Å². The van der Waals surface area contributed by atoms with Crippen LogP contribution >= 0.6 is 35.0 Å². The Morgan fingerprint density at radius 3 is 2.40 bits per heavy atom. The van der Waals surface area contributed by atoms with Gasteiger partial charge in [0.2, 0.25) is 0 Å². The van der Waals surface area contributed by atoms with Crippen LogP contribution < -0.4 is 0 Å². The van der Waals surface area contributed by atoms with E-state index >= 15 is 0 Å². The second kappa shape index (κ2) is 4.03. The van der Waals surface area contributed by atoms with Gasteiger partial charge in [-0.25, -0.2) is 0 Å². The van der Waals surface area contributed by atoms with Crippen LogP contribution in [0.5, 0.6) is 5.75 Å². The Balaban J connectivity index is 0.000000810. The van der Waals surface area contributed by atoms with Gasteiger partial charge >= 0.3 is 0 Å². The second-order valence-electron chi connectivity index (χ2n) is 1.95. The van der Waals surface area contributed by atoms with E-state index in [0.29, 0.717) is 5.75 Å². The highest BCUT2D eigenvalue weighted by Gasteiger charge is 1.93. The molecule has 0 unspecified atom stereocenters. The largest absolute Gasteiger partial charge is 0.507 e. The highest BCUT2D eigenvalue weighted by molar-refractivity contribution is 14.1. The van der Waals surface area contributed by atoms with Crippen molar-refractivity contribution in [2.24, 2.45) is 0 Å². The summed E-state index contributed by atoms with van der Waals surface area (Å²) >= 11 is 2.10. The number of aromatic hydroxyl groups is 1. The fourth-order valence-corrected chi connectivity index (χ4v) is 1.28. The van der Waals surface area contributed by atoms with Crippen LogP contribution in [0.25, 0.3) is 0 Å². The summed E-state index contributed by atoms with van der Waals surface area (Å²) in [7, 11) is 0. The van der Waals surface area contributed by atoms with Crippen LogP contribution in [0.1, 0.15) is 5.56 Å². The van der Waals surface area contributed by atoms with Gasteiger partial charge in [-0.1, -0.05) is 6.07 Å². The topological polar surface area (TPSA) is 20.2 Å². The van der Waals surface area contributed by atoms with E-state index in [1.807, 2.05) is 19.1 Å². The van der Waals surface area contributed by atoms with Crippen molar-refractivity contribution in [2.75, 3.05) is 0 Å². The van der Waals surface area contributed by atoms with Crippen LogP contribution in [0.3, 0.4) is 0 Å². The maximum atomic E-state index is 9.04. The summed E-state index contributed by atoms with van der Waals surface area (Å²) in [6, 6.07) is 5.53. The van der Waals surface area contributed by atoms with E-state index in [2.05, 4.69) is 22.6 Å². The summed E-state index contributed by atoms with van der Waals surface area (Å²) in [5, 5.41) is 9.04. The van der Waals surface area contributed by atoms with Gasteiger partial charge in [0.15, 0.2) is 0 Å². The summed E-state index contributed by atoms with van der Waals surface area (Å²) in [5.74, 6) is 0.362. The SMILES string of the molecule is Cc1ccc(O)c(I)c1.Cl. The first-order valence-electron chi connectivity index (χ1n) is 2.65. The lowest BCUT2D eigenvalue weighted by atomic mass is 10.2. The van der Waals surface area contributed by atoms with Crippen LogP contribution in [-0.4, -0.2) is 5.11 Å². The summed E-state index contributed by atoms with van der Waals surface area (Å²) < 4.78 is 0.910. The minimum absolute atomic E-state index is 0. The zero-order chi connectivity index (χ0) is 6.85. The maximum absolute atomic E-state index is 9.04. The monoisotopic (exact) mass is 270 g/mol. The molecule has 0 heterocycles. The lowest BCUT2D eigenvalue weighted by Crippen LogP contribution is -1.74. The third-order valence-electron chi connectivity index (χ3n) is 1.10. The molecule has 0 saturated heterocycles. The minimum Gasteiger partial charge on any atom is -0.507 e. The van der Waals surface area contributed by atoms with Gasteiger partial charge in [0.05, 0.1) is 3.57 Å². The first-order chi connectivity index (χ1) is 4.20. The summed E-state index contributed by atoms with van der Waals surface area (Å²) in [6.07, 6.45) is 0. The number of phenols is 1. The zero-order valence-electron chi connectivity index (χ0n) is 5.47. The molecule has 0 aliphatic rings. The number of halogens is 2. The fraction of sp³-hybridized carbons (Fsp3) is 0.143. The molecule has 56 valence electrons. The molecular formula is C7H8ClIO. The molecule has 10 heavy (non-hydrogen) atoms. The molecule has 0 aliphatic carbocycles. The lowest BCUT2D eigenvalue weighted by Gasteiger charge is -1.95. The van der Waals surface area contributed by atoms with Crippen LogP contribution in [0.15, 0.2) is 18.2 Å². The van der Waals surface area contributed by atoms with Crippen LogP contribution in [0.4, 0.5) is 0 Å². The third-order valence-corrected chi connectivity index (χ3v) is 1.97. The van der Waals surface area contributed by atoms with Gasteiger partial charge in [-0.15, -0.1) is 12.4 Å². The molecule has 0 aromatic heterocycles. The Morgan fingerprint density at radius 2 is 2.00 bits per heavy atom. The Bertz CT molecular complexity index is 225. The first-order valence-corrected chi connectivity index (χ1v) is 3.73. The van der Waals surface area contributed by atoms with Crippen molar-refractivity contribution in [3.05, 3.63) is 27.3 Å². The average Bonchev–Trinajstić information content (AvgIpc) is 1.80. The number of benzene rings is 1. The molecule has 3 heteroatoms. The van der Waals surface area contributed by atoms with Gasteiger partial charge in [0.25, 0.3) is 0 Å². The highest BCUT2D eigenvalue weighted by atomic mass is 127. The fourth-order valence-electron chi connectivity index (χ4n) is 0.612. The molecular weight excluding hydrogens is 262 g/mol. The van der Waals surface area contributed by atoms with Gasteiger partial charge in [-0.2, -0.15) is 0 Å². The van der Waals surface area contributed by atoms with Crippen molar-refractivity contribution in [1.29, 1.82) is 0 Å². The molecule has 1 rings (SSSR count). The molecule has 0 bridgehead atoms. The Hall–Kier alpha value is 0.0400. The van der Waals surface area contributed by atoms with Gasteiger partial charge in [-0.05, 0) is 47.2 Å². The van der Waals surface area contributed by atoms with Crippen LogP contribution in [0.2, 0.25) is 0 Å². The summed E-state index contributed by atoms with van der Waals surface area (Å²) in [4.78, 5) is 0. The number of hydrogen-bond acceptors (Lipinski definition) is 1. The molecule has 0 saturated carbocycles. The van der Waals surface area contributed by atoms with E-state index in [0.717, 1.165) is 3.57 Å². The number of hydrogen-bond donors (Lipinski definition) is 1. The predicted octanol–water partition coefficient (Wildman–Crippen LogP) is 2.73. The number of rotatable bonds is 0. The van der Waals surface area contributed by atoms with Gasteiger partial charge in [0.1, 0.15) is 5.75 Å². The van der Waals surface area contributed by atoms with E-state index < -0.39 is 0 Å². The zero-order valence-corrected chi connectivity index (χ0v) is 8.44. The Morgan fingerprint density at radius 1 is 1.40 bits per heavy atom. The van der Waals surface area contributed by atoms with Gasteiger partial charge in [0, 0.05) is 0 Å². The maximum Gasteiger partial charge on any atom is 0.128 e. The van der Waals surface area contributed by atoms with E-state index in [4.69, 9.17) is 5.11 Å². The summed E-state index contributed by atoms with van der Waals surface area (Å²) in [5.41, 5.74) is 1.18. The smallest absolute Gasteiger partial charge is 0.128 e. The minimum atomic E-state index is 0. The molecule has 0 amide bonds. The quantitative estimate of drug-likeness (QED) is 0.719. The number of phenolic OH excluding ortho intramolecular Hbond substituents is 1. The normalized spacial score (nSPS) is 8.60. The van der Waals surface area contributed by atoms with E-state index in [9.17, 15) is 0 Å². The average molecular weight is 270 g/mol. The summed E-state index contributed by atoms with van der Waals surface area (Å²) in [6.45, 7) is 2.00. The van der Waals surface area contributed by atoms with Crippen molar-refractivity contribution < 1.29 is 5.11 Å². The third kappa shape index (κ3) is 2.34. The van der Waals surface area contributed by atoms with Crippen molar-refractivity contribution in [2.45, 2.75) is 6.92 Å². The highest BCUT2D eigenvalue weighted by Crippen LogP contribution is 2.19. The molecule has 0 radical (unpaired) electrons. The predicted molar refractivity (Wildman–Crippen MR) is 52.8 cm³/mol. The lowest BCUT2D eigenvalue weighted by molar-refractivity contribution is 0.471. The molecule has 0 spiro atoms. The van der Waals surface area contributed by atoms with E-state index in [-0.39, 0.29) is 12.4 Å². The molecule has 1 nitrogen and oxygen atoms in total. The van der Waals surface area contributed by atoms with Crippen LogP contribution in [0, 0.1) is 10.5 Å². The molecule has 1 N–H and O–H groups in total. The Labute approximate surface area is 80.0 Å². The molecule has 0 fully saturated rings. The van der Waals surface area contributed by atoms with Gasteiger partial charge in [-0.3, -0.25) is 0 Å². The van der Waals surface area contributed by atoms with Crippen LogP contribution in [-0.2, 0) is 0 Å². The Kier molecular flexibility index (Phi) is 4.05. The van der Waals surface area contributed by atoms with Crippen molar-refractivity contribution in [1.82, 2.24) is 0 Å². The number of aryl methyl sites for hydroxylation is 1. The standard InChI is InChI=1S/C7H7IO.ClH/c1-5-2-3-7(9)6(8)4-5;/h2-4,9H,1H3;1H. The van der Waals surface area contributed by atoms with Crippen molar-refractivity contribution >= 4 is 35.0 Å². The van der Waals surface area contributed by atoms with Crippen molar-refractivity contribution in [3.63, 3.8) is 0 Å². The second-order valence-corrected chi connectivity index (χ2v) is 3.12. The van der Waals surface area contributed by atoms with Crippen molar-refractivity contribution in [3.8, 4) is 5.75 Å². The molecule has 1 aromatic carbocycles.